The lowest BCUT2D eigenvalue weighted by atomic mass is 9.97. The van der Waals surface area contributed by atoms with Crippen LogP contribution in [0.1, 0.15) is 52.2 Å². The smallest absolute Gasteiger partial charge is 0.408 e. The van der Waals surface area contributed by atoms with Gasteiger partial charge in [0.2, 0.25) is 5.91 Å². The monoisotopic (exact) mass is 499 g/mol. The number of benzene rings is 2. The Morgan fingerprint density at radius 3 is 2.11 bits per heavy atom. The van der Waals surface area contributed by atoms with Crippen LogP contribution < -0.4 is 20.9 Å². The maximum absolute atomic E-state index is 13.1. The van der Waals surface area contributed by atoms with E-state index >= 15 is 0 Å². The number of carbonyl (C=O) groups is 3. The average molecular weight is 500 g/mol. The van der Waals surface area contributed by atoms with Gasteiger partial charge in [0.1, 0.15) is 30.0 Å². The maximum Gasteiger partial charge on any atom is 0.408 e. The Balaban J connectivity index is 2.06. The molecular formula is C27H37N3O6. The van der Waals surface area contributed by atoms with E-state index in [-0.39, 0.29) is 24.5 Å². The van der Waals surface area contributed by atoms with Crippen molar-refractivity contribution in [3.05, 3.63) is 65.7 Å². The summed E-state index contributed by atoms with van der Waals surface area (Å²) < 4.78 is 11.1. The molecule has 9 heteroatoms. The SMILES string of the molecule is CC[C@H](C)[C@H](NC(=O)OCc1ccccc1)C(=O)N[C@@H](Cc1ccc(OC(C)(C)C)cc1)C(=O)NO. The van der Waals surface area contributed by atoms with E-state index in [0.717, 1.165) is 11.1 Å². The summed E-state index contributed by atoms with van der Waals surface area (Å²) in [4.78, 5) is 37.9. The zero-order chi connectivity index (χ0) is 26.7. The first-order valence-corrected chi connectivity index (χ1v) is 12.0. The molecule has 3 amide bonds. The first-order valence-electron chi connectivity index (χ1n) is 12.0. The second kappa shape index (κ2) is 13.5. The first kappa shape index (κ1) is 28.6. The van der Waals surface area contributed by atoms with E-state index in [1.54, 1.807) is 29.7 Å². The van der Waals surface area contributed by atoms with Crippen LogP contribution in [0, 0.1) is 5.92 Å². The van der Waals surface area contributed by atoms with E-state index in [0.29, 0.717) is 12.2 Å². The van der Waals surface area contributed by atoms with Gasteiger partial charge in [0, 0.05) is 6.42 Å². The Kier molecular flexibility index (Phi) is 10.7. The van der Waals surface area contributed by atoms with Gasteiger partial charge in [-0.25, -0.2) is 10.3 Å². The fourth-order valence-corrected chi connectivity index (χ4v) is 3.43. The van der Waals surface area contributed by atoms with Gasteiger partial charge < -0.3 is 20.1 Å². The Bertz CT molecular complexity index is 989. The first-order chi connectivity index (χ1) is 17.0. The Hall–Kier alpha value is -3.59. The second-order valence-electron chi connectivity index (χ2n) is 9.67. The summed E-state index contributed by atoms with van der Waals surface area (Å²) in [5, 5.41) is 14.5. The van der Waals surface area contributed by atoms with E-state index in [2.05, 4.69) is 10.6 Å². The molecule has 0 fully saturated rings. The number of ether oxygens (including phenoxy) is 2. The van der Waals surface area contributed by atoms with Gasteiger partial charge in [0.05, 0.1) is 0 Å². The maximum atomic E-state index is 13.1. The summed E-state index contributed by atoms with van der Waals surface area (Å²) in [6.45, 7) is 9.59. The van der Waals surface area contributed by atoms with Crippen molar-refractivity contribution < 1.29 is 29.1 Å². The number of amides is 3. The number of hydroxylamine groups is 1. The van der Waals surface area contributed by atoms with Gasteiger partial charge in [-0.15, -0.1) is 0 Å². The van der Waals surface area contributed by atoms with Gasteiger partial charge in [-0.2, -0.15) is 0 Å². The van der Waals surface area contributed by atoms with E-state index in [9.17, 15) is 19.6 Å². The third-order valence-corrected chi connectivity index (χ3v) is 5.51. The lowest BCUT2D eigenvalue weighted by Crippen LogP contribution is -2.56. The summed E-state index contributed by atoms with van der Waals surface area (Å²) in [6, 6.07) is 14.3. The van der Waals surface area contributed by atoms with Gasteiger partial charge in [0.25, 0.3) is 5.91 Å². The number of hydrogen-bond acceptors (Lipinski definition) is 6. The molecule has 0 aliphatic heterocycles. The molecule has 0 saturated heterocycles. The highest BCUT2D eigenvalue weighted by Gasteiger charge is 2.30. The van der Waals surface area contributed by atoms with Crippen molar-refractivity contribution in [1.29, 1.82) is 0 Å². The largest absolute Gasteiger partial charge is 0.488 e. The average Bonchev–Trinajstić information content (AvgIpc) is 2.85. The molecule has 4 N–H and O–H groups in total. The Morgan fingerprint density at radius 1 is 0.917 bits per heavy atom. The van der Waals surface area contributed by atoms with Crippen LogP contribution in [0.4, 0.5) is 4.79 Å². The predicted octanol–water partition coefficient (Wildman–Crippen LogP) is 3.74. The molecule has 0 saturated carbocycles. The normalized spacial score (nSPS) is 13.6. The molecule has 0 bridgehead atoms. The van der Waals surface area contributed by atoms with Crippen LogP contribution in [0.25, 0.3) is 0 Å². The number of alkyl carbamates (subject to hydrolysis) is 1. The molecule has 2 aromatic rings. The number of hydrogen-bond donors (Lipinski definition) is 4. The van der Waals surface area contributed by atoms with E-state index in [4.69, 9.17) is 9.47 Å². The molecule has 196 valence electrons. The van der Waals surface area contributed by atoms with Gasteiger partial charge in [-0.1, -0.05) is 62.7 Å². The minimum absolute atomic E-state index is 0.0615. The highest BCUT2D eigenvalue weighted by Crippen LogP contribution is 2.19. The van der Waals surface area contributed by atoms with Crippen molar-refractivity contribution in [1.82, 2.24) is 16.1 Å². The zero-order valence-corrected chi connectivity index (χ0v) is 21.5. The van der Waals surface area contributed by atoms with Crippen LogP contribution >= 0.6 is 0 Å². The van der Waals surface area contributed by atoms with Crippen molar-refractivity contribution in [3.8, 4) is 5.75 Å². The molecule has 3 atom stereocenters. The van der Waals surface area contributed by atoms with E-state index < -0.39 is 30.0 Å². The summed E-state index contributed by atoms with van der Waals surface area (Å²) in [5.41, 5.74) is 2.82. The van der Waals surface area contributed by atoms with Crippen LogP contribution in [-0.4, -0.2) is 40.8 Å². The van der Waals surface area contributed by atoms with Crippen LogP contribution in [-0.2, 0) is 27.4 Å². The quantitative estimate of drug-likeness (QED) is 0.276. The molecule has 0 aliphatic rings. The van der Waals surface area contributed by atoms with Gasteiger partial charge in [0.15, 0.2) is 0 Å². The van der Waals surface area contributed by atoms with Crippen LogP contribution in [0.5, 0.6) is 5.75 Å². The molecule has 2 aromatic carbocycles. The third kappa shape index (κ3) is 9.58. The highest BCUT2D eigenvalue weighted by atomic mass is 16.5. The number of carbonyl (C=O) groups excluding carboxylic acids is 3. The van der Waals surface area contributed by atoms with Gasteiger partial charge >= 0.3 is 6.09 Å². The molecule has 0 aromatic heterocycles. The molecule has 9 nitrogen and oxygen atoms in total. The zero-order valence-electron chi connectivity index (χ0n) is 21.5. The molecule has 0 spiro atoms. The number of rotatable bonds is 11. The van der Waals surface area contributed by atoms with Gasteiger partial charge in [-0.3, -0.25) is 14.8 Å². The standard InChI is InChI=1S/C27H37N3O6/c1-6-18(2)23(29-26(33)35-17-20-10-8-7-9-11-20)25(32)28-22(24(31)30-34)16-19-12-14-21(15-13-19)36-27(3,4)5/h7-15,18,22-23,34H,6,16-17H2,1-5H3,(H,28,32)(H,29,33)(H,30,31)/t18-,22-,23-/m0/s1. The van der Waals surface area contributed by atoms with Crippen molar-refractivity contribution in [2.45, 2.75) is 71.8 Å². The lowest BCUT2D eigenvalue weighted by molar-refractivity contribution is -0.135. The minimum atomic E-state index is -1.06. The molecule has 2 rings (SSSR count). The minimum Gasteiger partial charge on any atom is -0.488 e. The molecular weight excluding hydrogens is 462 g/mol. The highest BCUT2D eigenvalue weighted by molar-refractivity contribution is 5.91. The molecule has 0 aliphatic carbocycles. The second-order valence-corrected chi connectivity index (χ2v) is 9.67. The predicted molar refractivity (Wildman–Crippen MR) is 135 cm³/mol. The van der Waals surface area contributed by atoms with Crippen molar-refractivity contribution in [3.63, 3.8) is 0 Å². The number of nitrogens with one attached hydrogen (secondary N) is 3. The van der Waals surface area contributed by atoms with Crippen molar-refractivity contribution in [2.75, 3.05) is 0 Å². The molecule has 0 radical (unpaired) electrons. The third-order valence-electron chi connectivity index (χ3n) is 5.51. The molecule has 36 heavy (non-hydrogen) atoms. The summed E-state index contributed by atoms with van der Waals surface area (Å²) in [5.74, 6) is -0.885. The van der Waals surface area contributed by atoms with Gasteiger partial charge in [-0.05, 0) is 49.9 Å². The van der Waals surface area contributed by atoms with Crippen molar-refractivity contribution in [2.24, 2.45) is 5.92 Å². The fourth-order valence-electron chi connectivity index (χ4n) is 3.43. The van der Waals surface area contributed by atoms with Crippen molar-refractivity contribution >= 4 is 17.9 Å². The Morgan fingerprint density at radius 2 is 1.56 bits per heavy atom. The van der Waals surface area contributed by atoms with E-state index in [1.165, 1.54) is 0 Å². The lowest BCUT2D eigenvalue weighted by Gasteiger charge is -2.26. The van der Waals surface area contributed by atoms with Crippen LogP contribution in [0.2, 0.25) is 0 Å². The summed E-state index contributed by atoms with van der Waals surface area (Å²) >= 11 is 0. The molecule has 0 unspecified atom stereocenters. The Labute approximate surface area is 212 Å². The van der Waals surface area contributed by atoms with Crippen LogP contribution in [0.15, 0.2) is 54.6 Å². The summed E-state index contributed by atoms with van der Waals surface area (Å²) in [7, 11) is 0. The summed E-state index contributed by atoms with van der Waals surface area (Å²) in [6.07, 6.45) is -0.0140. The van der Waals surface area contributed by atoms with Crippen LogP contribution in [0.3, 0.4) is 0 Å². The molecule has 0 heterocycles. The fraction of sp³-hybridized carbons (Fsp3) is 0.444. The topological polar surface area (TPSA) is 126 Å². The van der Waals surface area contributed by atoms with E-state index in [1.807, 2.05) is 65.0 Å².